The molecule has 1 saturated carbocycles. The van der Waals surface area contributed by atoms with E-state index in [2.05, 4.69) is 11.8 Å². The molecule has 5 heteroatoms. The second-order valence-corrected chi connectivity index (χ2v) is 5.43. The minimum Gasteiger partial charge on any atom is -0.465 e. The molecule has 2 aliphatic rings. The molecule has 104 valence electrons. The van der Waals surface area contributed by atoms with E-state index in [-0.39, 0.29) is 11.9 Å². The third-order valence-electron chi connectivity index (χ3n) is 3.93. The number of nitrogens with zero attached hydrogens (tertiary/aromatic N) is 1. The Morgan fingerprint density at radius 2 is 2.28 bits per heavy atom. The second-order valence-electron chi connectivity index (χ2n) is 5.43. The Labute approximate surface area is 109 Å². The topological polar surface area (TPSA) is 64.8 Å². The van der Waals surface area contributed by atoms with Crippen LogP contribution in [0.15, 0.2) is 0 Å². The molecular formula is C13H24N2O3. The van der Waals surface area contributed by atoms with Crippen molar-refractivity contribution in [3.63, 3.8) is 0 Å². The van der Waals surface area contributed by atoms with Crippen LogP contribution in [0.4, 0.5) is 0 Å². The Morgan fingerprint density at radius 3 is 2.83 bits per heavy atom. The van der Waals surface area contributed by atoms with Gasteiger partial charge in [-0.15, -0.1) is 0 Å². The third kappa shape index (κ3) is 2.84. The Hall–Kier alpha value is -0.650. The number of morpholine rings is 1. The molecule has 0 bridgehead atoms. The maximum atomic E-state index is 12.1. The molecule has 1 aliphatic heterocycles. The lowest BCUT2D eigenvalue weighted by atomic mass is 9.93. The van der Waals surface area contributed by atoms with Gasteiger partial charge in [-0.3, -0.25) is 4.90 Å². The summed E-state index contributed by atoms with van der Waals surface area (Å²) in [4.78, 5) is 14.4. The van der Waals surface area contributed by atoms with Crippen molar-refractivity contribution < 1.29 is 14.3 Å². The summed E-state index contributed by atoms with van der Waals surface area (Å²) < 4.78 is 10.6. The number of hydrogen-bond donors (Lipinski definition) is 1. The zero-order valence-corrected chi connectivity index (χ0v) is 11.4. The van der Waals surface area contributed by atoms with Crippen LogP contribution in [0.3, 0.4) is 0 Å². The van der Waals surface area contributed by atoms with E-state index in [9.17, 15) is 4.79 Å². The maximum absolute atomic E-state index is 12.1. The first-order valence-electron chi connectivity index (χ1n) is 6.86. The van der Waals surface area contributed by atoms with Gasteiger partial charge in [0.05, 0.1) is 19.8 Å². The van der Waals surface area contributed by atoms with Crippen molar-refractivity contribution in [2.45, 2.75) is 38.3 Å². The number of ether oxygens (including phenoxy) is 2. The van der Waals surface area contributed by atoms with Crippen molar-refractivity contribution in [2.75, 3.05) is 32.9 Å². The van der Waals surface area contributed by atoms with E-state index in [0.29, 0.717) is 32.4 Å². The molecular weight excluding hydrogens is 232 g/mol. The van der Waals surface area contributed by atoms with Crippen molar-refractivity contribution in [2.24, 2.45) is 11.7 Å². The Balaban J connectivity index is 2.03. The number of rotatable bonds is 5. The standard InChI is InChI=1S/C13H24N2O3/c1-3-18-12(16)13(14,11-4-5-11)9-15-6-7-17-8-10(15)2/h10-11H,3-9,14H2,1-2H3. The summed E-state index contributed by atoms with van der Waals surface area (Å²) in [5, 5.41) is 0. The molecule has 1 aliphatic carbocycles. The first kappa shape index (κ1) is 13.8. The molecule has 0 aromatic heterocycles. The normalized spacial score (nSPS) is 28.7. The molecule has 1 heterocycles. The maximum Gasteiger partial charge on any atom is 0.327 e. The van der Waals surface area contributed by atoms with E-state index in [1.54, 1.807) is 0 Å². The summed E-state index contributed by atoms with van der Waals surface area (Å²) in [6.07, 6.45) is 2.07. The van der Waals surface area contributed by atoms with Gasteiger partial charge in [0.15, 0.2) is 0 Å². The van der Waals surface area contributed by atoms with Gasteiger partial charge < -0.3 is 15.2 Å². The average Bonchev–Trinajstić information content (AvgIpc) is 3.16. The minimum absolute atomic E-state index is 0.244. The SMILES string of the molecule is CCOC(=O)C(N)(CN1CCOCC1C)C1CC1. The number of hydrogen-bond acceptors (Lipinski definition) is 5. The molecule has 2 rings (SSSR count). The van der Waals surface area contributed by atoms with Crippen LogP contribution in [0, 0.1) is 5.92 Å². The van der Waals surface area contributed by atoms with Gasteiger partial charge >= 0.3 is 5.97 Å². The van der Waals surface area contributed by atoms with Gasteiger partial charge in [0, 0.05) is 19.1 Å². The van der Waals surface area contributed by atoms with Crippen molar-refractivity contribution in [3.05, 3.63) is 0 Å². The summed E-state index contributed by atoms with van der Waals surface area (Å²) in [6.45, 7) is 7.17. The van der Waals surface area contributed by atoms with Gasteiger partial charge in [-0.05, 0) is 32.6 Å². The average molecular weight is 256 g/mol. The van der Waals surface area contributed by atoms with Gasteiger partial charge in [-0.1, -0.05) is 0 Å². The molecule has 2 atom stereocenters. The summed E-state index contributed by atoms with van der Waals surface area (Å²) in [5.74, 6) is 0.0396. The first-order chi connectivity index (χ1) is 8.58. The molecule has 0 amide bonds. The summed E-state index contributed by atoms with van der Waals surface area (Å²) in [6, 6.07) is 0.315. The zero-order chi connectivity index (χ0) is 13.2. The monoisotopic (exact) mass is 256 g/mol. The fourth-order valence-electron chi connectivity index (χ4n) is 2.56. The lowest BCUT2D eigenvalue weighted by molar-refractivity contribution is -0.152. The first-order valence-corrected chi connectivity index (χ1v) is 6.86. The van der Waals surface area contributed by atoms with Crippen LogP contribution in [-0.2, 0) is 14.3 Å². The van der Waals surface area contributed by atoms with Crippen LogP contribution >= 0.6 is 0 Å². The Kier molecular flexibility index (Phi) is 4.25. The fraction of sp³-hybridized carbons (Fsp3) is 0.923. The highest BCUT2D eigenvalue weighted by molar-refractivity contribution is 5.82. The highest BCUT2D eigenvalue weighted by atomic mass is 16.5. The molecule has 0 aromatic rings. The summed E-state index contributed by atoms with van der Waals surface area (Å²) in [7, 11) is 0. The van der Waals surface area contributed by atoms with E-state index in [0.717, 1.165) is 19.4 Å². The van der Waals surface area contributed by atoms with Gasteiger partial charge in [0.25, 0.3) is 0 Å². The predicted molar refractivity (Wildman–Crippen MR) is 68.1 cm³/mol. The highest BCUT2D eigenvalue weighted by Crippen LogP contribution is 2.39. The minimum atomic E-state index is -0.832. The highest BCUT2D eigenvalue weighted by Gasteiger charge is 2.50. The van der Waals surface area contributed by atoms with Crippen LogP contribution < -0.4 is 5.73 Å². The van der Waals surface area contributed by atoms with Crippen molar-refractivity contribution in [3.8, 4) is 0 Å². The largest absolute Gasteiger partial charge is 0.465 e. The fourth-order valence-corrected chi connectivity index (χ4v) is 2.56. The van der Waals surface area contributed by atoms with E-state index >= 15 is 0 Å². The summed E-state index contributed by atoms with van der Waals surface area (Å²) in [5.41, 5.74) is 5.54. The van der Waals surface area contributed by atoms with E-state index in [1.165, 1.54) is 0 Å². The van der Waals surface area contributed by atoms with Crippen LogP contribution in [0.5, 0.6) is 0 Å². The predicted octanol–water partition coefficient (Wildman–Crippen LogP) is 0.378. The molecule has 1 saturated heterocycles. The number of nitrogens with two attached hydrogens (primary N) is 1. The third-order valence-corrected chi connectivity index (χ3v) is 3.93. The van der Waals surface area contributed by atoms with Crippen LogP contribution in [0.2, 0.25) is 0 Å². The molecule has 0 radical (unpaired) electrons. The lowest BCUT2D eigenvalue weighted by Crippen LogP contribution is -2.61. The molecule has 2 fully saturated rings. The van der Waals surface area contributed by atoms with Crippen molar-refractivity contribution >= 4 is 5.97 Å². The van der Waals surface area contributed by atoms with Gasteiger partial charge in [-0.25, -0.2) is 4.79 Å². The van der Waals surface area contributed by atoms with Crippen LogP contribution in [0.1, 0.15) is 26.7 Å². The number of carbonyl (C=O) groups is 1. The molecule has 2 N–H and O–H groups in total. The van der Waals surface area contributed by atoms with Crippen LogP contribution in [0.25, 0.3) is 0 Å². The molecule has 5 nitrogen and oxygen atoms in total. The molecule has 0 spiro atoms. The molecule has 2 unspecified atom stereocenters. The van der Waals surface area contributed by atoms with E-state index < -0.39 is 5.54 Å². The smallest absolute Gasteiger partial charge is 0.327 e. The van der Waals surface area contributed by atoms with Gasteiger partial charge in [0.1, 0.15) is 5.54 Å². The molecule has 0 aromatic carbocycles. The summed E-state index contributed by atoms with van der Waals surface area (Å²) >= 11 is 0. The quantitative estimate of drug-likeness (QED) is 0.720. The number of esters is 1. The van der Waals surface area contributed by atoms with Crippen molar-refractivity contribution in [1.29, 1.82) is 0 Å². The second kappa shape index (κ2) is 5.55. The zero-order valence-electron chi connectivity index (χ0n) is 11.4. The van der Waals surface area contributed by atoms with Crippen LogP contribution in [-0.4, -0.2) is 55.4 Å². The number of carbonyl (C=O) groups excluding carboxylic acids is 1. The lowest BCUT2D eigenvalue weighted by Gasteiger charge is -2.39. The van der Waals surface area contributed by atoms with E-state index in [1.807, 2.05) is 6.92 Å². The Morgan fingerprint density at radius 1 is 1.56 bits per heavy atom. The van der Waals surface area contributed by atoms with Crippen molar-refractivity contribution in [1.82, 2.24) is 4.90 Å². The van der Waals surface area contributed by atoms with Gasteiger partial charge in [0.2, 0.25) is 0 Å². The molecule has 18 heavy (non-hydrogen) atoms. The van der Waals surface area contributed by atoms with E-state index in [4.69, 9.17) is 15.2 Å². The van der Waals surface area contributed by atoms with Gasteiger partial charge in [-0.2, -0.15) is 0 Å². The Bertz CT molecular complexity index is 307.